The van der Waals surface area contributed by atoms with Crippen LogP contribution in [-0.2, 0) is 20.8 Å². The van der Waals surface area contributed by atoms with Crippen molar-refractivity contribution in [2.75, 3.05) is 24.6 Å². The highest BCUT2D eigenvalue weighted by Gasteiger charge is 2.34. The maximum atomic E-state index is 13.5. The van der Waals surface area contributed by atoms with E-state index in [0.29, 0.717) is 5.56 Å². The van der Waals surface area contributed by atoms with E-state index in [2.05, 4.69) is 11.8 Å². The molecular weight excluding hydrogens is 391 g/mol. The zero-order valence-corrected chi connectivity index (χ0v) is 15.5. The molecule has 4 nitrogen and oxygen atoms in total. The molecule has 0 atom stereocenters. The van der Waals surface area contributed by atoms with Crippen LogP contribution in [0.4, 0.5) is 13.2 Å². The Morgan fingerprint density at radius 2 is 1.64 bits per heavy atom. The second-order valence-electron chi connectivity index (χ2n) is 6.32. The third kappa shape index (κ3) is 4.73. The molecule has 8 heteroatoms. The lowest BCUT2D eigenvalue weighted by Crippen LogP contribution is -2.43. The van der Waals surface area contributed by atoms with Gasteiger partial charge in [-0.15, -0.1) is 0 Å². The van der Waals surface area contributed by atoms with Crippen LogP contribution >= 0.6 is 0 Å². The van der Waals surface area contributed by atoms with Crippen molar-refractivity contribution in [1.29, 1.82) is 0 Å². The second-order valence-corrected chi connectivity index (χ2v) is 8.62. The summed E-state index contributed by atoms with van der Waals surface area (Å²) in [5, 5.41) is 0. The van der Waals surface area contributed by atoms with E-state index in [1.165, 1.54) is 17.0 Å². The molecule has 28 heavy (non-hydrogen) atoms. The lowest BCUT2D eigenvalue weighted by Gasteiger charge is -2.24. The van der Waals surface area contributed by atoms with Crippen molar-refractivity contribution in [2.45, 2.75) is 6.18 Å². The first kappa shape index (κ1) is 20.0. The SMILES string of the molecule is O=C(C#Cc1ccc(-c2ccccc2)c(C(F)(F)F)c1)N1CCS(=O)(=O)CC1. The van der Waals surface area contributed by atoms with E-state index in [-0.39, 0.29) is 35.7 Å². The lowest BCUT2D eigenvalue weighted by atomic mass is 9.97. The molecule has 0 N–H and O–H groups in total. The first-order valence-electron chi connectivity index (χ1n) is 8.44. The topological polar surface area (TPSA) is 54.5 Å². The minimum Gasteiger partial charge on any atom is -0.330 e. The van der Waals surface area contributed by atoms with Crippen LogP contribution in [0, 0.1) is 11.8 Å². The summed E-state index contributed by atoms with van der Waals surface area (Å²) in [6.45, 7) is 0.0766. The van der Waals surface area contributed by atoms with Gasteiger partial charge in [-0.1, -0.05) is 42.3 Å². The zero-order valence-electron chi connectivity index (χ0n) is 14.7. The molecule has 0 saturated carbocycles. The largest absolute Gasteiger partial charge is 0.417 e. The highest BCUT2D eigenvalue weighted by molar-refractivity contribution is 7.91. The maximum absolute atomic E-state index is 13.5. The number of amides is 1. The average molecular weight is 407 g/mol. The van der Waals surface area contributed by atoms with Crippen LogP contribution in [0.5, 0.6) is 0 Å². The number of benzene rings is 2. The van der Waals surface area contributed by atoms with Gasteiger partial charge in [0.05, 0.1) is 17.1 Å². The molecule has 0 bridgehead atoms. The zero-order chi connectivity index (χ0) is 20.4. The number of carbonyl (C=O) groups is 1. The van der Waals surface area contributed by atoms with Crippen LogP contribution in [0.25, 0.3) is 11.1 Å². The third-order valence-corrected chi connectivity index (χ3v) is 5.96. The minimum atomic E-state index is -4.58. The van der Waals surface area contributed by atoms with Crippen molar-refractivity contribution in [3.63, 3.8) is 0 Å². The molecule has 1 aliphatic rings. The van der Waals surface area contributed by atoms with Crippen LogP contribution in [0.15, 0.2) is 48.5 Å². The number of nitrogens with zero attached hydrogens (tertiary/aromatic N) is 1. The number of alkyl halides is 3. The van der Waals surface area contributed by atoms with Crippen LogP contribution in [0.3, 0.4) is 0 Å². The Balaban J connectivity index is 1.86. The molecule has 2 aromatic rings. The van der Waals surface area contributed by atoms with Gasteiger partial charge in [0.1, 0.15) is 0 Å². The fourth-order valence-electron chi connectivity index (χ4n) is 2.85. The quantitative estimate of drug-likeness (QED) is 0.683. The van der Waals surface area contributed by atoms with Gasteiger partial charge in [-0.3, -0.25) is 4.79 Å². The predicted molar refractivity (Wildman–Crippen MR) is 99.0 cm³/mol. The molecule has 2 aromatic carbocycles. The number of halogens is 3. The average Bonchev–Trinajstić information content (AvgIpc) is 2.66. The lowest BCUT2D eigenvalue weighted by molar-refractivity contribution is -0.137. The number of hydrogen-bond acceptors (Lipinski definition) is 3. The van der Waals surface area contributed by atoms with Gasteiger partial charge in [-0.25, -0.2) is 8.42 Å². The van der Waals surface area contributed by atoms with Gasteiger partial charge < -0.3 is 4.90 Å². The highest BCUT2D eigenvalue weighted by atomic mass is 32.2. The number of sulfone groups is 1. The summed E-state index contributed by atoms with van der Waals surface area (Å²) in [6, 6.07) is 11.9. The fourth-order valence-corrected chi connectivity index (χ4v) is 4.05. The monoisotopic (exact) mass is 407 g/mol. The molecular formula is C20H16F3NO3S. The summed E-state index contributed by atoms with van der Waals surface area (Å²) in [4.78, 5) is 13.4. The van der Waals surface area contributed by atoms with Crippen LogP contribution < -0.4 is 0 Å². The summed E-state index contributed by atoms with van der Waals surface area (Å²) >= 11 is 0. The van der Waals surface area contributed by atoms with Crippen molar-refractivity contribution < 1.29 is 26.4 Å². The van der Waals surface area contributed by atoms with Crippen molar-refractivity contribution in [2.24, 2.45) is 0 Å². The van der Waals surface area contributed by atoms with Crippen molar-refractivity contribution in [3.05, 3.63) is 59.7 Å². The summed E-state index contributed by atoms with van der Waals surface area (Å²) in [7, 11) is -3.14. The number of carbonyl (C=O) groups excluding carboxylic acids is 1. The van der Waals surface area contributed by atoms with E-state index in [0.717, 1.165) is 6.07 Å². The van der Waals surface area contributed by atoms with Gasteiger partial charge in [0, 0.05) is 24.6 Å². The van der Waals surface area contributed by atoms with Gasteiger partial charge in [-0.05, 0) is 23.3 Å². The summed E-state index contributed by atoms with van der Waals surface area (Å²) in [6.07, 6.45) is -4.58. The van der Waals surface area contributed by atoms with E-state index in [9.17, 15) is 26.4 Å². The molecule has 1 fully saturated rings. The Morgan fingerprint density at radius 3 is 2.25 bits per heavy atom. The second kappa shape index (κ2) is 7.68. The van der Waals surface area contributed by atoms with Crippen LogP contribution in [-0.4, -0.2) is 43.8 Å². The standard InChI is InChI=1S/C20H16F3NO3S/c21-20(22,23)18-14-15(6-8-17(18)16-4-2-1-3-5-16)7-9-19(25)24-10-12-28(26,27)13-11-24/h1-6,8,14H,10-13H2. The Kier molecular flexibility index (Phi) is 5.47. The van der Waals surface area contributed by atoms with Crippen molar-refractivity contribution in [3.8, 4) is 23.0 Å². The van der Waals surface area contributed by atoms with Crippen molar-refractivity contribution >= 4 is 15.7 Å². The van der Waals surface area contributed by atoms with E-state index in [4.69, 9.17) is 0 Å². The van der Waals surface area contributed by atoms with Gasteiger partial charge >= 0.3 is 6.18 Å². The molecule has 0 aromatic heterocycles. The molecule has 0 radical (unpaired) electrons. The highest BCUT2D eigenvalue weighted by Crippen LogP contribution is 2.37. The molecule has 0 unspecified atom stereocenters. The first-order chi connectivity index (χ1) is 13.2. The molecule has 0 aliphatic carbocycles. The Hall–Kier alpha value is -2.79. The molecule has 3 rings (SSSR count). The molecule has 1 aliphatic heterocycles. The fraction of sp³-hybridized carbons (Fsp3) is 0.250. The van der Waals surface area contributed by atoms with Gasteiger partial charge in [0.25, 0.3) is 5.91 Å². The third-order valence-electron chi connectivity index (χ3n) is 4.36. The summed E-state index contributed by atoms with van der Waals surface area (Å²) in [5.41, 5.74) is -0.307. The molecule has 0 spiro atoms. The van der Waals surface area contributed by atoms with Crippen LogP contribution in [0.2, 0.25) is 0 Å². The predicted octanol–water partition coefficient (Wildman–Crippen LogP) is 2.98. The Labute approximate surface area is 160 Å². The number of rotatable bonds is 1. The smallest absolute Gasteiger partial charge is 0.330 e. The molecule has 1 saturated heterocycles. The Morgan fingerprint density at radius 1 is 1.00 bits per heavy atom. The van der Waals surface area contributed by atoms with Gasteiger partial charge in [-0.2, -0.15) is 13.2 Å². The molecule has 1 amide bonds. The summed E-state index contributed by atoms with van der Waals surface area (Å²) in [5.74, 6) is 3.90. The van der Waals surface area contributed by atoms with E-state index < -0.39 is 27.5 Å². The number of hydrogen-bond donors (Lipinski definition) is 0. The van der Waals surface area contributed by atoms with Gasteiger partial charge in [0.15, 0.2) is 9.84 Å². The minimum absolute atomic E-state index is 0.0335. The molecule has 1 heterocycles. The summed E-state index contributed by atoms with van der Waals surface area (Å²) < 4.78 is 63.3. The normalized spacial score (nSPS) is 16.2. The molecule has 146 valence electrons. The maximum Gasteiger partial charge on any atom is 0.417 e. The Bertz CT molecular complexity index is 1040. The van der Waals surface area contributed by atoms with E-state index in [1.54, 1.807) is 30.3 Å². The first-order valence-corrected chi connectivity index (χ1v) is 10.3. The van der Waals surface area contributed by atoms with E-state index >= 15 is 0 Å². The van der Waals surface area contributed by atoms with Crippen LogP contribution in [0.1, 0.15) is 11.1 Å². The van der Waals surface area contributed by atoms with E-state index in [1.807, 2.05) is 0 Å². The van der Waals surface area contributed by atoms with Gasteiger partial charge in [0.2, 0.25) is 0 Å². The van der Waals surface area contributed by atoms with Crippen molar-refractivity contribution in [1.82, 2.24) is 4.90 Å².